The Bertz CT molecular complexity index is 476. The van der Waals surface area contributed by atoms with Crippen LogP contribution in [0.2, 0.25) is 0 Å². The fraction of sp³-hybridized carbons (Fsp3) is 0.533. The molecule has 1 unspecified atom stereocenters. The van der Waals surface area contributed by atoms with Crippen molar-refractivity contribution in [3.63, 3.8) is 0 Å². The molecule has 0 spiro atoms. The van der Waals surface area contributed by atoms with Gasteiger partial charge in [-0.3, -0.25) is 4.79 Å². The van der Waals surface area contributed by atoms with E-state index in [1.807, 2.05) is 0 Å². The van der Waals surface area contributed by atoms with Crippen LogP contribution in [0.15, 0.2) is 18.2 Å². The average Bonchev–Trinajstić information content (AvgIpc) is 2.95. The van der Waals surface area contributed by atoms with Gasteiger partial charge in [-0.25, -0.2) is 8.78 Å². The van der Waals surface area contributed by atoms with Gasteiger partial charge in [-0.2, -0.15) is 0 Å². The van der Waals surface area contributed by atoms with Crippen LogP contribution in [0, 0.1) is 11.6 Å². The molecule has 21 heavy (non-hydrogen) atoms. The van der Waals surface area contributed by atoms with E-state index in [0.717, 1.165) is 31.6 Å². The lowest BCUT2D eigenvalue weighted by Crippen LogP contribution is -2.26. The average molecular weight is 299 g/mol. The normalized spacial score (nSPS) is 17.9. The minimum atomic E-state index is -0.859. The molecule has 116 valence electrons. The second kappa shape index (κ2) is 8.05. The van der Waals surface area contributed by atoms with Crippen molar-refractivity contribution in [2.24, 2.45) is 0 Å². The van der Waals surface area contributed by atoms with Crippen molar-refractivity contribution in [1.82, 2.24) is 5.32 Å². The number of hydrogen-bond acceptors (Lipinski definition) is 3. The molecular weight excluding hydrogens is 280 g/mol. The van der Waals surface area contributed by atoms with Gasteiger partial charge >= 0.3 is 0 Å². The predicted octanol–water partition coefficient (Wildman–Crippen LogP) is 2.28. The molecular formula is C15H19F2NO3. The number of ether oxygens (including phenoxy) is 2. The molecule has 1 fully saturated rings. The second-order valence-corrected chi connectivity index (χ2v) is 4.94. The zero-order chi connectivity index (χ0) is 15.1. The molecule has 0 aromatic heterocycles. The molecule has 0 bridgehead atoms. The Morgan fingerprint density at radius 2 is 2.29 bits per heavy atom. The summed E-state index contributed by atoms with van der Waals surface area (Å²) in [6.45, 7) is 2.25. The Kier molecular flexibility index (Phi) is 6.07. The van der Waals surface area contributed by atoms with Crippen molar-refractivity contribution in [2.75, 3.05) is 26.4 Å². The molecule has 1 heterocycles. The van der Waals surface area contributed by atoms with Crippen molar-refractivity contribution in [3.05, 3.63) is 35.4 Å². The van der Waals surface area contributed by atoms with Crippen LogP contribution in [0.4, 0.5) is 8.78 Å². The number of amides is 1. The Balaban J connectivity index is 1.60. The number of halogens is 2. The van der Waals surface area contributed by atoms with Crippen molar-refractivity contribution >= 4 is 5.91 Å². The Labute approximate surface area is 122 Å². The van der Waals surface area contributed by atoms with Gasteiger partial charge in [0.25, 0.3) is 5.91 Å². The van der Waals surface area contributed by atoms with Gasteiger partial charge in [0.2, 0.25) is 0 Å². The highest BCUT2D eigenvalue weighted by atomic mass is 19.1. The molecule has 1 aromatic carbocycles. The van der Waals surface area contributed by atoms with E-state index in [2.05, 4.69) is 5.32 Å². The smallest absolute Gasteiger partial charge is 0.254 e. The lowest BCUT2D eigenvalue weighted by Gasteiger charge is -2.10. The number of nitrogens with one attached hydrogen (secondary N) is 1. The number of rotatable bonds is 7. The zero-order valence-corrected chi connectivity index (χ0v) is 11.7. The standard InChI is InChI=1S/C15H19F2NO3/c16-11-4-5-13(14(17)9-11)15(19)18-6-2-7-20-10-12-3-1-8-21-12/h4-5,9,12H,1-3,6-8,10H2,(H,18,19). The monoisotopic (exact) mass is 299 g/mol. The Morgan fingerprint density at radius 1 is 1.43 bits per heavy atom. The van der Waals surface area contributed by atoms with Crippen molar-refractivity contribution < 1.29 is 23.0 Å². The topological polar surface area (TPSA) is 47.6 Å². The molecule has 1 aliphatic rings. The second-order valence-electron chi connectivity index (χ2n) is 4.94. The van der Waals surface area contributed by atoms with Crippen LogP contribution in [0.5, 0.6) is 0 Å². The predicted molar refractivity (Wildman–Crippen MR) is 73.1 cm³/mol. The van der Waals surface area contributed by atoms with E-state index in [1.165, 1.54) is 0 Å². The van der Waals surface area contributed by atoms with Gasteiger partial charge in [0, 0.05) is 25.8 Å². The van der Waals surface area contributed by atoms with E-state index >= 15 is 0 Å². The Hall–Kier alpha value is -1.53. The van der Waals surface area contributed by atoms with E-state index in [-0.39, 0.29) is 11.7 Å². The first-order valence-electron chi connectivity index (χ1n) is 7.09. The van der Waals surface area contributed by atoms with E-state index in [1.54, 1.807) is 0 Å². The molecule has 0 aliphatic carbocycles. The largest absolute Gasteiger partial charge is 0.379 e. The van der Waals surface area contributed by atoms with Gasteiger partial charge < -0.3 is 14.8 Å². The summed E-state index contributed by atoms with van der Waals surface area (Å²) in [6, 6.07) is 2.89. The van der Waals surface area contributed by atoms with Gasteiger partial charge in [0.15, 0.2) is 0 Å². The van der Waals surface area contributed by atoms with E-state index < -0.39 is 17.5 Å². The van der Waals surface area contributed by atoms with E-state index in [4.69, 9.17) is 9.47 Å². The van der Waals surface area contributed by atoms with Crippen LogP contribution in [0.25, 0.3) is 0 Å². The van der Waals surface area contributed by atoms with Crippen LogP contribution in [0.3, 0.4) is 0 Å². The third-order valence-electron chi connectivity index (χ3n) is 3.25. The molecule has 0 saturated carbocycles. The molecule has 1 N–H and O–H groups in total. The first-order valence-corrected chi connectivity index (χ1v) is 7.09. The third-order valence-corrected chi connectivity index (χ3v) is 3.25. The summed E-state index contributed by atoms with van der Waals surface area (Å²) in [7, 11) is 0. The number of carbonyl (C=O) groups excluding carboxylic acids is 1. The van der Waals surface area contributed by atoms with Gasteiger partial charge in [0.05, 0.1) is 18.3 Å². The molecule has 1 aliphatic heterocycles. The molecule has 0 radical (unpaired) electrons. The van der Waals surface area contributed by atoms with Crippen LogP contribution in [-0.4, -0.2) is 38.4 Å². The SMILES string of the molecule is O=C(NCCCOCC1CCCO1)c1ccc(F)cc1F. The molecule has 1 saturated heterocycles. The lowest BCUT2D eigenvalue weighted by atomic mass is 10.2. The summed E-state index contributed by atoms with van der Waals surface area (Å²) in [4.78, 5) is 11.7. The lowest BCUT2D eigenvalue weighted by molar-refractivity contribution is 0.0166. The zero-order valence-electron chi connectivity index (χ0n) is 11.7. The summed E-state index contributed by atoms with van der Waals surface area (Å²) in [6.07, 6.45) is 2.92. The summed E-state index contributed by atoms with van der Waals surface area (Å²) in [5, 5.41) is 2.58. The van der Waals surface area contributed by atoms with Gasteiger partial charge in [-0.15, -0.1) is 0 Å². The highest BCUT2D eigenvalue weighted by Crippen LogP contribution is 2.12. The van der Waals surface area contributed by atoms with Crippen LogP contribution in [0.1, 0.15) is 29.6 Å². The highest BCUT2D eigenvalue weighted by molar-refractivity contribution is 5.94. The van der Waals surface area contributed by atoms with Crippen molar-refractivity contribution in [3.8, 4) is 0 Å². The highest BCUT2D eigenvalue weighted by Gasteiger charge is 2.15. The first-order chi connectivity index (χ1) is 10.2. The minimum Gasteiger partial charge on any atom is -0.379 e. The van der Waals surface area contributed by atoms with Crippen molar-refractivity contribution in [2.45, 2.75) is 25.4 Å². The van der Waals surface area contributed by atoms with Crippen molar-refractivity contribution in [1.29, 1.82) is 0 Å². The Morgan fingerprint density at radius 3 is 3.00 bits per heavy atom. The maximum absolute atomic E-state index is 13.4. The van der Waals surface area contributed by atoms with E-state index in [9.17, 15) is 13.6 Å². The molecule has 1 atom stereocenters. The van der Waals surface area contributed by atoms with Gasteiger partial charge in [-0.05, 0) is 31.4 Å². The van der Waals surface area contributed by atoms with Crippen LogP contribution < -0.4 is 5.32 Å². The minimum absolute atomic E-state index is 0.156. The molecule has 1 amide bonds. The number of carbonyl (C=O) groups is 1. The van der Waals surface area contributed by atoms with Gasteiger partial charge in [-0.1, -0.05) is 0 Å². The number of hydrogen-bond donors (Lipinski definition) is 1. The first kappa shape index (κ1) is 15.9. The molecule has 1 aromatic rings. The summed E-state index contributed by atoms with van der Waals surface area (Å²) < 4.78 is 37.0. The molecule has 2 rings (SSSR count). The van der Waals surface area contributed by atoms with Gasteiger partial charge in [0.1, 0.15) is 11.6 Å². The fourth-order valence-corrected chi connectivity index (χ4v) is 2.14. The maximum Gasteiger partial charge on any atom is 0.254 e. The molecule has 4 nitrogen and oxygen atoms in total. The number of benzene rings is 1. The third kappa shape index (κ3) is 5.06. The van der Waals surface area contributed by atoms with E-state index in [0.29, 0.717) is 32.2 Å². The fourth-order valence-electron chi connectivity index (χ4n) is 2.14. The summed E-state index contributed by atoms with van der Waals surface area (Å²) >= 11 is 0. The quantitative estimate of drug-likeness (QED) is 0.786. The van der Waals surface area contributed by atoms with Crippen LogP contribution in [-0.2, 0) is 9.47 Å². The molecule has 6 heteroatoms. The van der Waals surface area contributed by atoms with Crippen LogP contribution >= 0.6 is 0 Å². The summed E-state index contributed by atoms with van der Waals surface area (Å²) in [5.74, 6) is -2.11. The maximum atomic E-state index is 13.4. The summed E-state index contributed by atoms with van der Waals surface area (Å²) in [5.41, 5.74) is -0.156.